The predicted molar refractivity (Wildman–Crippen MR) is 132 cm³/mol. The Kier molecular flexibility index (Phi) is 15.6. The highest BCUT2D eigenvalue weighted by atomic mass is 16.6. The molecule has 0 heterocycles. The second-order valence-electron chi connectivity index (χ2n) is 9.20. The molecule has 2 unspecified atom stereocenters. The minimum Gasteiger partial charge on any atom is -0.422 e. The molecule has 4 heteroatoms. The molecule has 0 amide bonds. The maximum atomic E-state index is 12.5. The molecule has 0 saturated heterocycles. The number of para-hydroxylation sites is 2. The largest absolute Gasteiger partial charge is 0.422 e. The molecule has 0 aliphatic rings. The van der Waals surface area contributed by atoms with Crippen LogP contribution in [0.5, 0.6) is 11.5 Å². The first-order valence-corrected chi connectivity index (χ1v) is 13.0. The average molecular weight is 447 g/mol. The van der Waals surface area contributed by atoms with Crippen molar-refractivity contribution >= 4 is 11.9 Å². The minimum atomic E-state index is -0.262. The molecule has 1 aromatic rings. The van der Waals surface area contributed by atoms with Crippen molar-refractivity contribution in [1.29, 1.82) is 0 Å². The van der Waals surface area contributed by atoms with Gasteiger partial charge in [-0.1, -0.05) is 117 Å². The van der Waals surface area contributed by atoms with Gasteiger partial charge in [0.25, 0.3) is 0 Å². The summed E-state index contributed by atoms with van der Waals surface area (Å²) in [5, 5.41) is 0. The van der Waals surface area contributed by atoms with E-state index in [1.807, 2.05) is 13.8 Å². The molecule has 1 rings (SSSR count). The molecule has 0 fully saturated rings. The van der Waals surface area contributed by atoms with Gasteiger partial charge in [-0.05, 0) is 25.0 Å². The van der Waals surface area contributed by atoms with Gasteiger partial charge in [-0.25, -0.2) is 0 Å². The van der Waals surface area contributed by atoms with Crippen molar-refractivity contribution in [2.45, 2.75) is 118 Å². The average Bonchev–Trinajstić information content (AvgIpc) is 2.79. The van der Waals surface area contributed by atoms with Gasteiger partial charge in [0.15, 0.2) is 11.5 Å². The van der Waals surface area contributed by atoms with Crippen LogP contribution in [0.15, 0.2) is 24.3 Å². The number of rotatable bonds is 18. The number of hydrogen-bond acceptors (Lipinski definition) is 4. The van der Waals surface area contributed by atoms with Gasteiger partial charge in [0.05, 0.1) is 11.8 Å². The summed E-state index contributed by atoms with van der Waals surface area (Å²) in [5.41, 5.74) is 0. The fraction of sp³-hybridized carbons (Fsp3) is 0.714. The van der Waals surface area contributed by atoms with Gasteiger partial charge < -0.3 is 9.47 Å². The number of esters is 2. The number of benzene rings is 1. The SMILES string of the molecule is CCCCCCCCC(C)C(=O)Oc1ccccc1OC(=O)C(C)CCCCCCCC. The maximum Gasteiger partial charge on any atom is 0.314 e. The zero-order chi connectivity index (χ0) is 23.6. The maximum absolute atomic E-state index is 12.5. The summed E-state index contributed by atoms with van der Waals surface area (Å²) < 4.78 is 11.2. The van der Waals surface area contributed by atoms with Crippen LogP contribution in [0.4, 0.5) is 0 Å². The van der Waals surface area contributed by atoms with Crippen LogP contribution in [0.1, 0.15) is 118 Å². The van der Waals surface area contributed by atoms with Gasteiger partial charge in [0.2, 0.25) is 0 Å². The van der Waals surface area contributed by atoms with Gasteiger partial charge in [0.1, 0.15) is 0 Å². The van der Waals surface area contributed by atoms with Crippen molar-refractivity contribution in [2.75, 3.05) is 0 Å². The molecule has 0 aromatic heterocycles. The molecule has 0 saturated carbocycles. The first-order chi connectivity index (χ1) is 15.5. The molecule has 32 heavy (non-hydrogen) atoms. The lowest BCUT2D eigenvalue weighted by Gasteiger charge is -2.15. The van der Waals surface area contributed by atoms with E-state index in [1.54, 1.807) is 24.3 Å². The quantitative estimate of drug-likeness (QED) is 0.129. The Morgan fingerprint density at radius 1 is 0.625 bits per heavy atom. The minimum absolute atomic E-state index is 0.170. The molecule has 0 aliphatic heterocycles. The summed E-state index contributed by atoms with van der Waals surface area (Å²) in [6.07, 6.45) is 16.1. The summed E-state index contributed by atoms with van der Waals surface area (Å²) in [6.45, 7) is 8.24. The Morgan fingerprint density at radius 3 is 1.34 bits per heavy atom. The molecular formula is C28H46O4. The third kappa shape index (κ3) is 12.3. The van der Waals surface area contributed by atoms with Crippen molar-refractivity contribution in [1.82, 2.24) is 0 Å². The van der Waals surface area contributed by atoms with Gasteiger partial charge in [-0.3, -0.25) is 9.59 Å². The molecule has 0 N–H and O–H groups in total. The summed E-state index contributed by atoms with van der Waals surface area (Å²) in [4.78, 5) is 25.1. The predicted octanol–water partition coefficient (Wildman–Crippen LogP) is 8.27. The lowest BCUT2D eigenvalue weighted by molar-refractivity contribution is -0.141. The Balaban J connectivity index is 2.44. The molecule has 0 radical (unpaired) electrons. The van der Waals surface area contributed by atoms with Gasteiger partial charge in [-0.15, -0.1) is 0 Å². The zero-order valence-electron chi connectivity index (χ0n) is 21.0. The highest BCUT2D eigenvalue weighted by Crippen LogP contribution is 2.29. The normalized spacial score (nSPS) is 12.9. The highest BCUT2D eigenvalue weighted by Gasteiger charge is 2.20. The van der Waals surface area contributed by atoms with E-state index in [9.17, 15) is 9.59 Å². The van der Waals surface area contributed by atoms with Crippen LogP contribution in [0.3, 0.4) is 0 Å². The number of ether oxygens (including phenoxy) is 2. The molecule has 0 spiro atoms. The topological polar surface area (TPSA) is 52.6 Å². The molecule has 182 valence electrons. The second kappa shape index (κ2) is 17.7. The van der Waals surface area contributed by atoms with Crippen LogP contribution in [0, 0.1) is 11.8 Å². The van der Waals surface area contributed by atoms with E-state index in [2.05, 4.69) is 13.8 Å². The number of unbranched alkanes of at least 4 members (excludes halogenated alkanes) is 10. The fourth-order valence-electron chi connectivity index (χ4n) is 3.73. The van der Waals surface area contributed by atoms with Crippen LogP contribution in [0.25, 0.3) is 0 Å². The van der Waals surface area contributed by atoms with Crippen molar-refractivity contribution < 1.29 is 19.1 Å². The molecule has 0 aliphatic carbocycles. The molecule has 2 atom stereocenters. The summed E-state index contributed by atoms with van der Waals surface area (Å²) >= 11 is 0. The lowest BCUT2D eigenvalue weighted by Crippen LogP contribution is -2.20. The van der Waals surface area contributed by atoms with Crippen molar-refractivity contribution in [2.24, 2.45) is 11.8 Å². The van der Waals surface area contributed by atoms with Gasteiger partial charge in [-0.2, -0.15) is 0 Å². The number of carbonyl (C=O) groups excluding carboxylic acids is 2. The van der Waals surface area contributed by atoms with E-state index < -0.39 is 0 Å². The molecule has 1 aromatic carbocycles. The number of hydrogen-bond donors (Lipinski definition) is 0. The zero-order valence-corrected chi connectivity index (χ0v) is 21.0. The Labute approximate surface area is 196 Å². The van der Waals surface area contributed by atoms with Crippen LogP contribution >= 0.6 is 0 Å². The van der Waals surface area contributed by atoms with E-state index in [1.165, 1.54) is 51.4 Å². The van der Waals surface area contributed by atoms with Crippen molar-refractivity contribution in [3.05, 3.63) is 24.3 Å². The van der Waals surface area contributed by atoms with E-state index in [-0.39, 0.29) is 23.8 Å². The van der Waals surface area contributed by atoms with E-state index in [0.717, 1.165) is 38.5 Å². The first kappa shape index (κ1) is 28.2. The Morgan fingerprint density at radius 2 is 0.969 bits per heavy atom. The Bertz CT molecular complexity index is 585. The third-order valence-corrected chi connectivity index (χ3v) is 6.06. The highest BCUT2D eigenvalue weighted by molar-refractivity contribution is 5.78. The van der Waals surface area contributed by atoms with E-state index >= 15 is 0 Å². The third-order valence-electron chi connectivity index (χ3n) is 6.06. The molecule has 0 bridgehead atoms. The van der Waals surface area contributed by atoms with Gasteiger partial charge >= 0.3 is 11.9 Å². The molecular weight excluding hydrogens is 400 g/mol. The smallest absolute Gasteiger partial charge is 0.314 e. The fourth-order valence-corrected chi connectivity index (χ4v) is 3.73. The van der Waals surface area contributed by atoms with Crippen LogP contribution in [0.2, 0.25) is 0 Å². The molecule has 4 nitrogen and oxygen atoms in total. The number of carbonyl (C=O) groups is 2. The van der Waals surface area contributed by atoms with Gasteiger partial charge in [0, 0.05) is 0 Å². The standard InChI is InChI=1S/C28H46O4/c1-5-7-9-11-13-15-19-23(3)27(29)31-25-21-17-18-22-26(25)32-28(30)24(4)20-16-14-12-10-8-6-2/h17-18,21-24H,5-16,19-20H2,1-4H3. The van der Waals surface area contributed by atoms with E-state index in [4.69, 9.17) is 9.47 Å². The van der Waals surface area contributed by atoms with Crippen molar-refractivity contribution in [3.63, 3.8) is 0 Å². The lowest BCUT2D eigenvalue weighted by atomic mass is 10.0. The first-order valence-electron chi connectivity index (χ1n) is 13.0. The summed E-state index contributed by atoms with van der Waals surface area (Å²) in [6, 6.07) is 6.96. The van der Waals surface area contributed by atoms with E-state index in [0.29, 0.717) is 11.5 Å². The Hall–Kier alpha value is -1.84. The van der Waals surface area contributed by atoms with Crippen LogP contribution in [-0.2, 0) is 9.59 Å². The van der Waals surface area contributed by atoms with Crippen LogP contribution < -0.4 is 9.47 Å². The summed E-state index contributed by atoms with van der Waals surface area (Å²) in [5.74, 6) is -0.211. The second-order valence-corrected chi connectivity index (χ2v) is 9.20. The van der Waals surface area contributed by atoms with Crippen molar-refractivity contribution in [3.8, 4) is 11.5 Å². The monoisotopic (exact) mass is 446 g/mol. The summed E-state index contributed by atoms with van der Waals surface area (Å²) in [7, 11) is 0. The van der Waals surface area contributed by atoms with Crippen LogP contribution in [-0.4, -0.2) is 11.9 Å².